The van der Waals surface area contributed by atoms with Crippen LogP contribution in [0.5, 0.6) is 0 Å². The maximum atomic E-state index is 12.3. The largest absolute Gasteiger partial charge is 0.392 e. The first kappa shape index (κ1) is 15.9. The summed E-state index contributed by atoms with van der Waals surface area (Å²) in [7, 11) is 0. The maximum Gasteiger partial charge on any atom is 0.324 e. The van der Waals surface area contributed by atoms with Gasteiger partial charge in [0.15, 0.2) is 0 Å². The lowest BCUT2D eigenvalue weighted by Crippen LogP contribution is -2.50. The van der Waals surface area contributed by atoms with Gasteiger partial charge >= 0.3 is 5.00 Å². The predicted molar refractivity (Wildman–Crippen MR) is 79.6 cm³/mol. The van der Waals surface area contributed by atoms with Crippen molar-refractivity contribution in [1.82, 2.24) is 9.80 Å². The zero-order chi connectivity index (χ0) is 15.4. The van der Waals surface area contributed by atoms with E-state index in [1.165, 1.54) is 12.1 Å². The van der Waals surface area contributed by atoms with Gasteiger partial charge in [-0.15, -0.1) is 0 Å². The zero-order valence-corrected chi connectivity index (χ0v) is 12.7. The molecule has 0 saturated carbocycles. The molecule has 0 aromatic carbocycles. The molecule has 0 aliphatic carbocycles. The predicted octanol–water partition coefficient (Wildman–Crippen LogP) is 1.19. The fourth-order valence-electron chi connectivity index (χ4n) is 2.26. The van der Waals surface area contributed by atoms with Crippen LogP contribution in [0, 0.1) is 10.1 Å². The Balaban J connectivity index is 1.89. The number of rotatable bonds is 5. The normalized spacial score (nSPS) is 17.7. The first-order valence-electron chi connectivity index (χ1n) is 6.95. The van der Waals surface area contributed by atoms with Gasteiger partial charge in [0.1, 0.15) is 0 Å². The van der Waals surface area contributed by atoms with E-state index in [0.29, 0.717) is 24.5 Å². The molecule has 1 aliphatic rings. The average Bonchev–Trinajstić information content (AvgIpc) is 2.97. The fourth-order valence-corrected chi connectivity index (χ4v) is 3.05. The number of nitrogens with zero attached hydrogens (tertiary/aromatic N) is 3. The van der Waals surface area contributed by atoms with Gasteiger partial charge in [-0.25, -0.2) is 0 Å². The standard InChI is InChI=1S/C13H19N3O4S/c1-2-10(17)9-14-5-7-15(8-6-14)13(18)11-3-4-12(21-11)16(19)20/h3-4,10,17H,2,5-9H2,1H3. The molecule has 2 rings (SSSR count). The molecule has 1 fully saturated rings. The number of carbonyl (C=O) groups is 1. The number of hydrogen-bond donors (Lipinski definition) is 1. The van der Waals surface area contributed by atoms with Crippen LogP contribution in [-0.4, -0.2) is 64.6 Å². The summed E-state index contributed by atoms with van der Waals surface area (Å²) in [5.74, 6) is -0.149. The van der Waals surface area contributed by atoms with Crippen molar-refractivity contribution < 1.29 is 14.8 Å². The zero-order valence-electron chi connectivity index (χ0n) is 11.9. The van der Waals surface area contributed by atoms with Crippen LogP contribution in [0.15, 0.2) is 12.1 Å². The summed E-state index contributed by atoms with van der Waals surface area (Å²) in [6, 6.07) is 2.88. The highest BCUT2D eigenvalue weighted by atomic mass is 32.1. The molecular formula is C13H19N3O4S. The van der Waals surface area contributed by atoms with Crippen LogP contribution in [0.1, 0.15) is 23.0 Å². The van der Waals surface area contributed by atoms with E-state index in [1.807, 2.05) is 6.92 Å². The number of carbonyl (C=O) groups excluding carboxylic acids is 1. The molecule has 8 heteroatoms. The van der Waals surface area contributed by atoms with Gasteiger partial charge in [-0.3, -0.25) is 19.8 Å². The minimum absolute atomic E-state index is 0.0111. The van der Waals surface area contributed by atoms with Crippen LogP contribution < -0.4 is 0 Å². The molecule has 1 unspecified atom stereocenters. The van der Waals surface area contributed by atoms with Crippen LogP contribution in [0.2, 0.25) is 0 Å². The Morgan fingerprint density at radius 2 is 2.10 bits per heavy atom. The first-order valence-corrected chi connectivity index (χ1v) is 7.76. The number of thiophene rings is 1. The number of hydrogen-bond acceptors (Lipinski definition) is 6. The molecule has 116 valence electrons. The number of amides is 1. The number of β-amino-alcohol motifs (C(OH)–C–C–N with tert-alkyl or cyclic N) is 1. The summed E-state index contributed by atoms with van der Waals surface area (Å²) < 4.78 is 0. The van der Waals surface area contributed by atoms with Gasteiger partial charge < -0.3 is 10.0 Å². The Morgan fingerprint density at radius 1 is 1.43 bits per heavy atom. The first-order chi connectivity index (χ1) is 10.0. The van der Waals surface area contributed by atoms with Gasteiger partial charge in [0, 0.05) is 38.8 Å². The summed E-state index contributed by atoms with van der Waals surface area (Å²) in [5.41, 5.74) is 0. The summed E-state index contributed by atoms with van der Waals surface area (Å²) in [6.45, 7) is 5.17. The molecule has 0 radical (unpaired) electrons. The lowest BCUT2D eigenvalue weighted by atomic mass is 10.2. The third-order valence-corrected chi connectivity index (χ3v) is 4.61. The second-order valence-corrected chi connectivity index (χ2v) is 6.11. The fraction of sp³-hybridized carbons (Fsp3) is 0.615. The van der Waals surface area contributed by atoms with E-state index in [9.17, 15) is 20.0 Å². The summed E-state index contributed by atoms with van der Waals surface area (Å²) in [6.07, 6.45) is 0.394. The van der Waals surface area contributed by atoms with Gasteiger partial charge in [-0.1, -0.05) is 18.3 Å². The summed E-state index contributed by atoms with van der Waals surface area (Å²) in [4.78, 5) is 26.7. The van der Waals surface area contributed by atoms with Crippen LogP contribution >= 0.6 is 11.3 Å². The van der Waals surface area contributed by atoms with Gasteiger partial charge in [0.05, 0.1) is 15.9 Å². The lowest BCUT2D eigenvalue weighted by molar-refractivity contribution is -0.380. The minimum atomic E-state index is -0.481. The number of nitro groups is 1. The number of aliphatic hydroxyl groups is 1. The number of piperazine rings is 1. The third-order valence-electron chi connectivity index (χ3n) is 3.58. The second-order valence-electron chi connectivity index (χ2n) is 5.05. The average molecular weight is 313 g/mol. The Kier molecular flexibility index (Phi) is 5.27. The van der Waals surface area contributed by atoms with Crippen LogP contribution in [0.25, 0.3) is 0 Å². The topological polar surface area (TPSA) is 86.9 Å². The van der Waals surface area contributed by atoms with E-state index in [1.54, 1.807) is 4.90 Å². The molecule has 1 amide bonds. The van der Waals surface area contributed by atoms with Crippen molar-refractivity contribution >= 4 is 22.2 Å². The van der Waals surface area contributed by atoms with Gasteiger partial charge in [0.2, 0.25) is 0 Å². The molecule has 1 aliphatic heterocycles. The molecule has 1 atom stereocenters. The van der Waals surface area contributed by atoms with E-state index in [0.717, 1.165) is 30.8 Å². The smallest absolute Gasteiger partial charge is 0.324 e. The highest BCUT2D eigenvalue weighted by molar-refractivity contribution is 7.17. The van der Waals surface area contributed by atoms with E-state index in [2.05, 4.69) is 4.90 Å². The van der Waals surface area contributed by atoms with Crippen molar-refractivity contribution in [3.63, 3.8) is 0 Å². The van der Waals surface area contributed by atoms with E-state index < -0.39 is 4.92 Å². The molecule has 2 heterocycles. The molecule has 1 saturated heterocycles. The highest BCUT2D eigenvalue weighted by Gasteiger charge is 2.25. The Morgan fingerprint density at radius 3 is 2.62 bits per heavy atom. The van der Waals surface area contributed by atoms with Crippen molar-refractivity contribution in [2.24, 2.45) is 0 Å². The van der Waals surface area contributed by atoms with Crippen molar-refractivity contribution in [3.05, 3.63) is 27.1 Å². The van der Waals surface area contributed by atoms with Gasteiger partial charge in [-0.2, -0.15) is 0 Å². The SMILES string of the molecule is CCC(O)CN1CCN(C(=O)c2ccc([N+](=O)[O-])s2)CC1. The Hall–Kier alpha value is -1.51. The maximum absolute atomic E-state index is 12.3. The molecular weight excluding hydrogens is 294 g/mol. The molecule has 0 spiro atoms. The van der Waals surface area contributed by atoms with Crippen molar-refractivity contribution in [2.75, 3.05) is 32.7 Å². The number of aliphatic hydroxyl groups excluding tert-OH is 1. The highest BCUT2D eigenvalue weighted by Crippen LogP contribution is 2.25. The molecule has 7 nitrogen and oxygen atoms in total. The summed E-state index contributed by atoms with van der Waals surface area (Å²) >= 11 is 0.914. The Bertz CT molecular complexity index is 511. The Labute approximate surface area is 126 Å². The lowest BCUT2D eigenvalue weighted by Gasteiger charge is -2.35. The van der Waals surface area contributed by atoms with E-state index in [-0.39, 0.29) is 17.0 Å². The molecule has 1 N–H and O–H groups in total. The monoisotopic (exact) mass is 313 g/mol. The molecule has 1 aromatic heterocycles. The second kappa shape index (κ2) is 6.97. The quantitative estimate of drug-likeness (QED) is 0.651. The van der Waals surface area contributed by atoms with E-state index >= 15 is 0 Å². The van der Waals surface area contributed by atoms with Crippen LogP contribution in [0.3, 0.4) is 0 Å². The van der Waals surface area contributed by atoms with E-state index in [4.69, 9.17) is 0 Å². The minimum Gasteiger partial charge on any atom is -0.392 e. The molecule has 21 heavy (non-hydrogen) atoms. The summed E-state index contributed by atoms with van der Waals surface area (Å²) in [5, 5.41) is 20.3. The van der Waals surface area contributed by atoms with Crippen molar-refractivity contribution in [3.8, 4) is 0 Å². The molecule has 0 bridgehead atoms. The van der Waals surface area contributed by atoms with Crippen molar-refractivity contribution in [1.29, 1.82) is 0 Å². The molecule has 1 aromatic rings. The van der Waals surface area contributed by atoms with Gasteiger partial charge in [-0.05, 0) is 12.5 Å². The van der Waals surface area contributed by atoms with Crippen molar-refractivity contribution in [2.45, 2.75) is 19.4 Å². The third kappa shape index (κ3) is 3.99. The van der Waals surface area contributed by atoms with Crippen LogP contribution in [-0.2, 0) is 0 Å². The van der Waals surface area contributed by atoms with Gasteiger partial charge in [0.25, 0.3) is 5.91 Å². The van der Waals surface area contributed by atoms with Crippen LogP contribution in [0.4, 0.5) is 5.00 Å².